The third-order valence-electron chi connectivity index (χ3n) is 3.10. The van der Waals surface area contributed by atoms with Gasteiger partial charge in [-0.05, 0) is 24.6 Å². The summed E-state index contributed by atoms with van der Waals surface area (Å²) >= 11 is 0. The molecule has 0 unspecified atom stereocenters. The van der Waals surface area contributed by atoms with E-state index >= 15 is 0 Å². The van der Waals surface area contributed by atoms with E-state index in [9.17, 15) is 23.2 Å². The molecular formula is C14H15F2N3O4. The molecule has 0 spiro atoms. The minimum absolute atomic E-state index is 0.0118. The Bertz CT molecular complexity index is 593. The van der Waals surface area contributed by atoms with E-state index in [4.69, 9.17) is 0 Å². The number of rotatable bonds is 7. The van der Waals surface area contributed by atoms with Crippen LogP contribution in [0.15, 0.2) is 24.3 Å². The Morgan fingerprint density at radius 3 is 2.83 bits per heavy atom. The van der Waals surface area contributed by atoms with E-state index in [-0.39, 0.29) is 36.9 Å². The number of nitrogens with one attached hydrogen (secondary N) is 2. The summed E-state index contributed by atoms with van der Waals surface area (Å²) in [5.74, 6) is -0.868. The van der Waals surface area contributed by atoms with Crippen LogP contribution in [0.3, 0.4) is 0 Å². The highest BCUT2D eigenvalue weighted by atomic mass is 19.3. The van der Waals surface area contributed by atoms with Gasteiger partial charge in [-0.2, -0.15) is 8.78 Å². The predicted octanol–water partition coefficient (Wildman–Crippen LogP) is 0.960. The van der Waals surface area contributed by atoms with E-state index in [1.54, 1.807) is 0 Å². The summed E-state index contributed by atoms with van der Waals surface area (Å²) in [5.41, 5.74) is 0.179. The molecule has 1 aromatic rings. The number of amides is 4. The zero-order valence-corrected chi connectivity index (χ0v) is 12.1. The fraction of sp³-hybridized carbons (Fsp3) is 0.357. The van der Waals surface area contributed by atoms with Crippen molar-refractivity contribution in [2.24, 2.45) is 0 Å². The number of urea groups is 1. The van der Waals surface area contributed by atoms with Crippen LogP contribution in [0.2, 0.25) is 0 Å². The summed E-state index contributed by atoms with van der Waals surface area (Å²) in [6, 6.07) is 4.97. The Kier molecular flexibility index (Phi) is 5.45. The molecule has 0 bridgehead atoms. The highest BCUT2D eigenvalue weighted by Crippen LogP contribution is 2.15. The number of hydrogen-bond donors (Lipinski definition) is 2. The van der Waals surface area contributed by atoms with E-state index in [1.807, 2.05) is 0 Å². The molecule has 9 heteroatoms. The third kappa shape index (κ3) is 4.63. The van der Waals surface area contributed by atoms with Gasteiger partial charge in [0.05, 0.1) is 6.54 Å². The minimum Gasteiger partial charge on any atom is -0.435 e. The smallest absolute Gasteiger partial charge is 0.387 e. The lowest BCUT2D eigenvalue weighted by Crippen LogP contribution is -2.34. The van der Waals surface area contributed by atoms with E-state index in [0.717, 1.165) is 4.90 Å². The maximum absolute atomic E-state index is 12.1. The number of halogens is 2. The molecule has 1 fully saturated rings. The molecule has 1 aromatic carbocycles. The van der Waals surface area contributed by atoms with Gasteiger partial charge in [0.2, 0.25) is 5.91 Å². The molecule has 23 heavy (non-hydrogen) atoms. The Hall–Kier alpha value is -2.71. The maximum atomic E-state index is 12.1. The van der Waals surface area contributed by atoms with Crippen LogP contribution >= 0.6 is 0 Å². The van der Waals surface area contributed by atoms with Gasteiger partial charge in [-0.25, -0.2) is 4.79 Å². The average Bonchev–Trinajstić information content (AvgIpc) is 2.82. The van der Waals surface area contributed by atoms with Gasteiger partial charge < -0.3 is 15.4 Å². The molecule has 1 heterocycles. The molecule has 0 radical (unpaired) electrons. The van der Waals surface area contributed by atoms with Gasteiger partial charge in [-0.1, -0.05) is 6.07 Å². The summed E-state index contributed by atoms with van der Waals surface area (Å²) in [5, 5.41) is 4.97. The van der Waals surface area contributed by atoms with Crippen molar-refractivity contribution >= 4 is 17.8 Å². The molecule has 2 N–H and O–H groups in total. The second kappa shape index (κ2) is 7.52. The van der Waals surface area contributed by atoms with Gasteiger partial charge in [-0.15, -0.1) is 0 Å². The normalized spacial score (nSPS) is 14.1. The number of carbonyl (C=O) groups is 3. The third-order valence-corrected chi connectivity index (χ3v) is 3.10. The zero-order valence-electron chi connectivity index (χ0n) is 12.1. The van der Waals surface area contributed by atoms with E-state index in [1.165, 1.54) is 24.3 Å². The molecular weight excluding hydrogens is 312 g/mol. The topological polar surface area (TPSA) is 87.7 Å². The fourth-order valence-electron chi connectivity index (χ4n) is 2.04. The quantitative estimate of drug-likeness (QED) is 0.577. The molecule has 7 nitrogen and oxygen atoms in total. The number of nitrogens with zero attached hydrogens (tertiary/aromatic N) is 1. The first-order valence-electron chi connectivity index (χ1n) is 6.88. The maximum Gasteiger partial charge on any atom is 0.387 e. The molecule has 0 aromatic heterocycles. The van der Waals surface area contributed by atoms with Crippen LogP contribution < -0.4 is 15.4 Å². The number of carbonyl (C=O) groups excluding carboxylic acids is 3. The van der Waals surface area contributed by atoms with Crippen molar-refractivity contribution in [3.8, 4) is 5.75 Å². The number of alkyl halides is 2. The second-order valence-corrected chi connectivity index (χ2v) is 4.72. The van der Waals surface area contributed by atoms with Crippen LogP contribution in [-0.2, 0) is 4.79 Å². The largest absolute Gasteiger partial charge is 0.435 e. The van der Waals surface area contributed by atoms with Crippen molar-refractivity contribution in [3.05, 3.63) is 29.8 Å². The summed E-state index contributed by atoms with van der Waals surface area (Å²) in [7, 11) is 0. The zero-order chi connectivity index (χ0) is 16.8. The summed E-state index contributed by atoms with van der Waals surface area (Å²) < 4.78 is 28.5. The van der Waals surface area contributed by atoms with Crippen LogP contribution in [0.25, 0.3) is 0 Å². The van der Waals surface area contributed by atoms with Crippen molar-refractivity contribution in [3.63, 3.8) is 0 Å². The standard InChI is InChI=1S/C14H15F2N3O4/c15-13(16)23-10-4-1-3-9(7-10)12(21)17-5-2-6-19-11(20)8-18-14(19)22/h1,3-4,7,13H,2,5-6,8H2,(H,17,21)(H,18,22). The lowest BCUT2D eigenvalue weighted by Gasteiger charge is -2.12. The molecule has 2 rings (SSSR count). The Balaban J connectivity index is 1.78. The van der Waals surface area contributed by atoms with Gasteiger partial charge in [-0.3, -0.25) is 14.5 Å². The second-order valence-electron chi connectivity index (χ2n) is 4.72. The monoisotopic (exact) mass is 327 g/mol. The van der Waals surface area contributed by atoms with Crippen molar-refractivity contribution in [2.75, 3.05) is 19.6 Å². The molecule has 1 saturated heterocycles. The molecule has 1 aliphatic rings. The van der Waals surface area contributed by atoms with Gasteiger partial charge >= 0.3 is 12.6 Å². The average molecular weight is 327 g/mol. The first kappa shape index (κ1) is 16.7. The van der Waals surface area contributed by atoms with Crippen LogP contribution in [0.1, 0.15) is 16.8 Å². The first-order valence-corrected chi connectivity index (χ1v) is 6.88. The van der Waals surface area contributed by atoms with Crippen molar-refractivity contribution in [1.82, 2.24) is 15.5 Å². The summed E-state index contributed by atoms with van der Waals surface area (Å²) in [6.45, 7) is -2.55. The van der Waals surface area contributed by atoms with E-state index < -0.39 is 18.5 Å². The Labute approximate surface area is 130 Å². The van der Waals surface area contributed by atoms with Crippen LogP contribution in [0.4, 0.5) is 13.6 Å². The van der Waals surface area contributed by atoms with Crippen LogP contribution in [0, 0.1) is 0 Å². The molecule has 4 amide bonds. The number of imide groups is 1. The van der Waals surface area contributed by atoms with Gasteiger partial charge in [0, 0.05) is 18.7 Å². The number of hydrogen-bond acceptors (Lipinski definition) is 4. The minimum atomic E-state index is -2.96. The number of benzene rings is 1. The van der Waals surface area contributed by atoms with E-state index in [2.05, 4.69) is 15.4 Å². The first-order chi connectivity index (χ1) is 11.0. The highest BCUT2D eigenvalue weighted by molar-refractivity contribution is 6.01. The van der Waals surface area contributed by atoms with Crippen LogP contribution in [0.5, 0.6) is 5.75 Å². The van der Waals surface area contributed by atoms with Gasteiger partial charge in [0.1, 0.15) is 5.75 Å². The Morgan fingerprint density at radius 1 is 1.39 bits per heavy atom. The Morgan fingerprint density at radius 2 is 2.17 bits per heavy atom. The van der Waals surface area contributed by atoms with Gasteiger partial charge in [0.25, 0.3) is 5.91 Å². The lowest BCUT2D eigenvalue weighted by molar-refractivity contribution is -0.125. The highest BCUT2D eigenvalue weighted by Gasteiger charge is 2.27. The van der Waals surface area contributed by atoms with Crippen LogP contribution in [-0.4, -0.2) is 49.0 Å². The summed E-state index contributed by atoms with van der Waals surface area (Å²) in [4.78, 5) is 35.6. The van der Waals surface area contributed by atoms with Gasteiger partial charge in [0.15, 0.2) is 0 Å². The molecule has 1 aliphatic heterocycles. The lowest BCUT2D eigenvalue weighted by atomic mass is 10.2. The van der Waals surface area contributed by atoms with E-state index in [0.29, 0.717) is 6.42 Å². The molecule has 124 valence electrons. The van der Waals surface area contributed by atoms with Crippen molar-refractivity contribution < 1.29 is 27.9 Å². The van der Waals surface area contributed by atoms with Crippen molar-refractivity contribution in [1.29, 1.82) is 0 Å². The molecule has 0 aliphatic carbocycles. The SMILES string of the molecule is O=C(NCCCN1C(=O)CNC1=O)c1cccc(OC(F)F)c1. The summed E-state index contributed by atoms with van der Waals surface area (Å²) in [6.07, 6.45) is 0.387. The molecule has 0 saturated carbocycles. The fourth-order valence-corrected chi connectivity index (χ4v) is 2.04. The number of ether oxygens (including phenoxy) is 1. The predicted molar refractivity (Wildman–Crippen MR) is 75.1 cm³/mol. The molecule has 0 atom stereocenters. The van der Waals surface area contributed by atoms with Crippen molar-refractivity contribution in [2.45, 2.75) is 13.0 Å².